The number of amides is 1. The number of hydrogen-bond acceptors (Lipinski definition) is 4. The van der Waals surface area contributed by atoms with Crippen molar-refractivity contribution >= 4 is 6.09 Å². The predicted octanol–water partition coefficient (Wildman–Crippen LogP) is 2.57. The molecule has 2 N–H and O–H groups in total. The molecule has 5 nitrogen and oxygen atoms in total. The van der Waals surface area contributed by atoms with Crippen LogP contribution in [0.5, 0.6) is 0 Å². The van der Waals surface area contributed by atoms with Gasteiger partial charge in [-0.1, -0.05) is 24.3 Å². The van der Waals surface area contributed by atoms with Gasteiger partial charge in [-0.2, -0.15) is 0 Å². The number of nitrogens with two attached hydrogens (primary N) is 1. The summed E-state index contributed by atoms with van der Waals surface area (Å²) in [7, 11) is 1.71. The number of ether oxygens (including phenoxy) is 2. The lowest BCUT2D eigenvalue weighted by molar-refractivity contribution is 0.0221. The van der Waals surface area contributed by atoms with Gasteiger partial charge < -0.3 is 20.1 Å². The summed E-state index contributed by atoms with van der Waals surface area (Å²) in [6.45, 7) is 7.69. The molecule has 5 heteroatoms. The molecular formula is C17H28N2O3. The molecule has 124 valence electrons. The van der Waals surface area contributed by atoms with E-state index in [0.29, 0.717) is 26.3 Å². The average Bonchev–Trinajstić information content (AvgIpc) is 2.42. The lowest BCUT2D eigenvalue weighted by atomic mass is 10.1. The Balaban J connectivity index is 2.30. The van der Waals surface area contributed by atoms with Crippen LogP contribution >= 0.6 is 0 Å². The largest absolute Gasteiger partial charge is 0.444 e. The average molecular weight is 308 g/mol. The number of benzene rings is 1. The molecule has 0 heterocycles. The molecule has 0 saturated carbocycles. The van der Waals surface area contributed by atoms with Gasteiger partial charge in [0.05, 0.1) is 13.2 Å². The van der Waals surface area contributed by atoms with Gasteiger partial charge in [0.2, 0.25) is 0 Å². The number of carbonyl (C=O) groups is 1. The van der Waals surface area contributed by atoms with Gasteiger partial charge in [0.15, 0.2) is 0 Å². The van der Waals surface area contributed by atoms with Crippen molar-refractivity contribution in [1.29, 1.82) is 0 Å². The summed E-state index contributed by atoms with van der Waals surface area (Å²) < 4.78 is 10.9. The minimum Gasteiger partial charge on any atom is -0.444 e. The fraction of sp³-hybridized carbons (Fsp3) is 0.588. The van der Waals surface area contributed by atoms with E-state index in [1.54, 1.807) is 7.05 Å². The maximum Gasteiger partial charge on any atom is 0.410 e. The summed E-state index contributed by atoms with van der Waals surface area (Å²) >= 11 is 0. The van der Waals surface area contributed by atoms with E-state index in [-0.39, 0.29) is 6.09 Å². The van der Waals surface area contributed by atoms with Gasteiger partial charge in [-0.15, -0.1) is 0 Å². The maximum absolute atomic E-state index is 11.8. The normalized spacial score (nSPS) is 11.3. The van der Waals surface area contributed by atoms with E-state index in [0.717, 1.165) is 12.0 Å². The Morgan fingerprint density at radius 1 is 1.27 bits per heavy atom. The molecule has 0 fully saturated rings. The topological polar surface area (TPSA) is 64.8 Å². The Morgan fingerprint density at radius 2 is 1.95 bits per heavy atom. The van der Waals surface area contributed by atoms with Crippen LogP contribution in [0.4, 0.5) is 4.79 Å². The van der Waals surface area contributed by atoms with Crippen molar-refractivity contribution in [2.24, 2.45) is 5.73 Å². The lowest BCUT2D eigenvalue weighted by Gasteiger charge is -2.24. The summed E-state index contributed by atoms with van der Waals surface area (Å²) in [6.07, 6.45) is 0.538. The van der Waals surface area contributed by atoms with E-state index in [1.165, 1.54) is 10.5 Å². The summed E-state index contributed by atoms with van der Waals surface area (Å²) in [6, 6.07) is 8.20. The summed E-state index contributed by atoms with van der Waals surface area (Å²) in [4.78, 5) is 13.3. The number of likely N-dealkylation sites (N-methyl/N-ethyl adjacent to an activating group) is 1. The second-order valence-electron chi connectivity index (χ2n) is 6.31. The minimum absolute atomic E-state index is 0.332. The van der Waals surface area contributed by atoms with Crippen LogP contribution in [0.2, 0.25) is 0 Å². The molecule has 0 atom stereocenters. The van der Waals surface area contributed by atoms with Gasteiger partial charge >= 0.3 is 6.09 Å². The maximum atomic E-state index is 11.8. The third-order valence-electron chi connectivity index (χ3n) is 2.97. The van der Waals surface area contributed by atoms with Crippen LogP contribution in [-0.4, -0.2) is 43.3 Å². The number of rotatable bonds is 7. The first kappa shape index (κ1) is 18.5. The van der Waals surface area contributed by atoms with Crippen LogP contribution in [0.15, 0.2) is 24.3 Å². The highest BCUT2D eigenvalue weighted by atomic mass is 16.6. The molecule has 0 aliphatic heterocycles. The van der Waals surface area contributed by atoms with Crippen LogP contribution in [0.1, 0.15) is 31.9 Å². The van der Waals surface area contributed by atoms with E-state index in [9.17, 15) is 4.79 Å². The van der Waals surface area contributed by atoms with Gasteiger partial charge in [-0.05, 0) is 44.9 Å². The van der Waals surface area contributed by atoms with E-state index in [4.69, 9.17) is 15.2 Å². The summed E-state index contributed by atoms with van der Waals surface area (Å²) in [5.41, 5.74) is 7.41. The van der Waals surface area contributed by atoms with Crippen molar-refractivity contribution < 1.29 is 14.3 Å². The van der Waals surface area contributed by atoms with Crippen molar-refractivity contribution in [3.05, 3.63) is 35.4 Å². The number of nitrogens with zero attached hydrogens (tertiary/aromatic N) is 1. The molecule has 0 aliphatic rings. The van der Waals surface area contributed by atoms with Crippen molar-refractivity contribution in [2.75, 3.05) is 26.7 Å². The smallest absolute Gasteiger partial charge is 0.410 e. The van der Waals surface area contributed by atoms with E-state index >= 15 is 0 Å². The molecule has 0 spiro atoms. The zero-order chi connectivity index (χ0) is 16.6. The molecule has 0 bridgehead atoms. The summed E-state index contributed by atoms with van der Waals surface area (Å²) in [5, 5.41) is 0. The molecule has 1 aromatic carbocycles. The van der Waals surface area contributed by atoms with Gasteiger partial charge in [0.25, 0.3) is 0 Å². The third kappa shape index (κ3) is 7.43. The number of carbonyl (C=O) groups excluding carboxylic acids is 1. The number of hydrogen-bond donors (Lipinski definition) is 1. The lowest BCUT2D eigenvalue weighted by Crippen LogP contribution is -2.36. The molecule has 1 amide bonds. The molecule has 0 unspecified atom stereocenters. The zero-order valence-electron chi connectivity index (χ0n) is 14.1. The van der Waals surface area contributed by atoms with Gasteiger partial charge in [0, 0.05) is 13.6 Å². The Bertz CT molecular complexity index is 469. The molecule has 0 aliphatic carbocycles. The predicted molar refractivity (Wildman–Crippen MR) is 87.7 cm³/mol. The first-order valence-electron chi connectivity index (χ1n) is 7.61. The fourth-order valence-corrected chi connectivity index (χ4v) is 1.86. The fourth-order valence-electron chi connectivity index (χ4n) is 1.86. The van der Waals surface area contributed by atoms with Crippen molar-refractivity contribution in [2.45, 2.75) is 39.4 Å². The molecule has 0 radical (unpaired) electrons. The van der Waals surface area contributed by atoms with Crippen LogP contribution < -0.4 is 5.73 Å². The molecule has 0 aromatic heterocycles. The van der Waals surface area contributed by atoms with Crippen molar-refractivity contribution in [1.82, 2.24) is 4.90 Å². The first-order valence-corrected chi connectivity index (χ1v) is 7.61. The molecule has 0 saturated heterocycles. The van der Waals surface area contributed by atoms with E-state index in [2.05, 4.69) is 12.1 Å². The van der Waals surface area contributed by atoms with Crippen molar-refractivity contribution in [3.8, 4) is 0 Å². The Morgan fingerprint density at radius 3 is 2.59 bits per heavy atom. The Labute approximate surface area is 133 Å². The first-order chi connectivity index (χ1) is 10.3. The van der Waals surface area contributed by atoms with E-state index in [1.807, 2.05) is 32.9 Å². The SMILES string of the molecule is CN(CCOCc1cccc(CCN)c1)C(=O)OC(C)(C)C. The van der Waals surface area contributed by atoms with Gasteiger partial charge in [-0.3, -0.25) is 0 Å². The molecule has 1 rings (SSSR count). The van der Waals surface area contributed by atoms with Crippen molar-refractivity contribution in [3.63, 3.8) is 0 Å². The second kappa shape index (κ2) is 8.76. The Kier molecular flexibility index (Phi) is 7.35. The standard InChI is InChI=1S/C17H28N2O3/c1-17(2,3)22-16(20)19(4)10-11-21-13-15-7-5-6-14(12-15)8-9-18/h5-7,12H,8-11,13,18H2,1-4H3. The third-order valence-corrected chi connectivity index (χ3v) is 2.97. The van der Waals surface area contributed by atoms with Crippen LogP contribution in [0.25, 0.3) is 0 Å². The Hall–Kier alpha value is -1.59. The molecule has 1 aromatic rings. The van der Waals surface area contributed by atoms with Crippen LogP contribution in [0, 0.1) is 0 Å². The van der Waals surface area contributed by atoms with Gasteiger partial charge in [-0.25, -0.2) is 4.79 Å². The second-order valence-corrected chi connectivity index (χ2v) is 6.31. The highest BCUT2D eigenvalue weighted by Gasteiger charge is 2.19. The highest BCUT2D eigenvalue weighted by Crippen LogP contribution is 2.09. The highest BCUT2D eigenvalue weighted by molar-refractivity contribution is 5.67. The minimum atomic E-state index is -0.477. The van der Waals surface area contributed by atoms with Crippen LogP contribution in [-0.2, 0) is 22.5 Å². The molecule has 22 heavy (non-hydrogen) atoms. The van der Waals surface area contributed by atoms with E-state index < -0.39 is 5.60 Å². The zero-order valence-corrected chi connectivity index (χ0v) is 14.1. The quantitative estimate of drug-likeness (QED) is 0.786. The molecular weight excluding hydrogens is 280 g/mol. The van der Waals surface area contributed by atoms with Crippen LogP contribution in [0.3, 0.4) is 0 Å². The van der Waals surface area contributed by atoms with Gasteiger partial charge in [0.1, 0.15) is 5.60 Å². The summed E-state index contributed by atoms with van der Waals surface area (Å²) in [5.74, 6) is 0. The monoisotopic (exact) mass is 308 g/mol.